The van der Waals surface area contributed by atoms with Crippen LogP contribution in [0.5, 0.6) is 11.9 Å². The minimum atomic E-state index is -0.113. The fourth-order valence-corrected chi connectivity index (χ4v) is 2.72. The molecule has 2 heterocycles. The number of nitrogens with one attached hydrogen (secondary N) is 1. The van der Waals surface area contributed by atoms with Crippen molar-refractivity contribution in [2.45, 2.75) is 25.9 Å². The number of aryl methyl sites for hydroxylation is 1. The number of amides is 2. The predicted molar refractivity (Wildman–Crippen MR) is 94.0 cm³/mol. The molecule has 0 aliphatic carbocycles. The molecule has 1 fully saturated rings. The number of urea groups is 1. The van der Waals surface area contributed by atoms with Crippen LogP contribution in [0.15, 0.2) is 36.5 Å². The highest BCUT2D eigenvalue weighted by molar-refractivity contribution is 5.89. The summed E-state index contributed by atoms with van der Waals surface area (Å²) in [5, 5.41) is 2.93. The number of hydrogen-bond donors (Lipinski definition) is 1. The average Bonchev–Trinajstić information content (AvgIpc) is 2.64. The molecule has 0 spiro atoms. The van der Waals surface area contributed by atoms with Gasteiger partial charge in [0.15, 0.2) is 0 Å². The van der Waals surface area contributed by atoms with E-state index in [9.17, 15) is 4.79 Å². The Labute approximate surface area is 147 Å². The predicted octanol–water partition coefficient (Wildman–Crippen LogP) is 2.87. The molecule has 2 amide bonds. The molecule has 1 aromatic heterocycles. The zero-order valence-corrected chi connectivity index (χ0v) is 14.4. The van der Waals surface area contributed by atoms with E-state index < -0.39 is 0 Å². The number of rotatable bonds is 4. The SMILES string of the molecule is COc1nccc(OC2CCCN(C(=O)Nc3ccc(C)cc3)C2)n1. The number of piperidine rings is 1. The van der Waals surface area contributed by atoms with Crippen molar-refractivity contribution in [2.24, 2.45) is 0 Å². The second kappa shape index (κ2) is 7.83. The summed E-state index contributed by atoms with van der Waals surface area (Å²) < 4.78 is 10.9. The quantitative estimate of drug-likeness (QED) is 0.924. The summed E-state index contributed by atoms with van der Waals surface area (Å²) >= 11 is 0. The van der Waals surface area contributed by atoms with E-state index in [0.29, 0.717) is 19.0 Å². The largest absolute Gasteiger partial charge is 0.472 e. The normalized spacial score (nSPS) is 17.0. The highest BCUT2D eigenvalue weighted by atomic mass is 16.5. The fourth-order valence-electron chi connectivity index (χ4n) is 2.72. The molecule has 1 aliphatic heterocycles. The van der Waals surface area contributed by atoms with Crippen molar-refractivity contribution in [3.05, 3.63) is 42.1 Å². The number of carbonyl (C=O) groups is 1. The van der Waals surface area contributed by atoms with Crippen molar-refractivity contribution >= 4 is 11.7 Å². The molecule has 3 rings (SSSR count). The summed E-state index contributed by atoms with van der Waals surface area (Å²) in [5.74, 6) is 0.456. The molecule has 0 saturated carbocycles. The van der Waals surface area contributed by atoms with Crippen LogP contribution in [0.25, 0.3) is 0 Å². The third-order valence-electron chi connectivity index (χ3n) is 4.05. The lowest BCUT2D eigenvalue weighted by atomic mass is 10.1. The van der Waals surface area contributed by atoms with Gasteiger partial charge >= 0.3 is 12.0 Å². The smallest absolute Gasteiger partial charge is 0.321 e. The van der Waals surface area contributed by atoms with E-state index in [1.54, 1.807) is 17.2 Å². The Balaban J connectivity index is 1.58. The number of likely N-dealkylation sites (tertiary alicyclic amines) is 1. The summed E-state index contributed by atoms with van der Waals surface area (Å²) in [6.07, 6.45) is 3.25. The summed E-state index contributed by atoms with van der Waals surface area (Å²) in [6, 6.07) is 9.59. The van der Waals surface area contributed by atoms with Gasteiger partial charge in [-0.25, -0.2) is 9.78 Å². The Bertz CT molecular complexity index is 721. The number of anilines is 1. The van der Waals surface area contributed by atoms with E-state index in [0.717, 1.165) is 24.1 Å². The van der Waals surface area contributed by atoms with E-state index in [4.69, 9.17) is 9.47 Å². The Morgan fingerprint density at radius 3 is 2.84 bits per heavy atom. The van der Waals surface area contributed by atoms with Gasteiger partial charge in [0.25, 0.3) is 0 Å². The first-order valence-electron chi connectivity index (χ1n) is 8.30. The molecular formula is C18H22N4O3. The van der Waals surface area contributed by atoms with Crippen LogP contribution in [0.4, 0.5) is 10.5 Å². The zero-order valence-electron chi connectivity index (χ0n) is 14.4. The maximum Gasteiger partial charge on any atom is 0.321 e. The molecular weight excluding hydrogens is 320 g/mol. The Morgan fingerprint density at radius 1 is 1.28 bits per heavy atom. The van der Waals surface area contributed by atoms with E-state index in [-0.39, 0.29) is 18.1 Å². The number of aromatic nitrogens is 2. The van der Waals surface area contributed by atoms with Gasteiger partial charge in [0.1, 0.15) is 6.10 Å². The van der Waals surface area contributed by atoms with Crippen molar-refractivity contribution in [2.75, 3.05) is 25.5 Å². The molecule has 2 aromatic rings. The molecule has 0 radical (unpaired) electrons. The van der Waals surface area contributed by atoms with E-state index in [1.807, 2.05) is 31.2 Å². The lowest BCUT2D eigenvalue weighted by Crippen LogP contribution is -2.46. The minimum Gasteiger partial charge on any atom is -0.472 e. The number of methoxy groups -OCH3 is 1. The third kappa shape index (κ3) is 4.59. The molecule has 1 saturated heterocycles. The number of nitrogens with zero attached hydrogens (tertiary/aromatic N) is 3. The minimum absolute atomic E-state index is 0.0999. The fraction of sp³-hybridized carbons (Fsp3) is 0.389. The van der Waals surface area contributed by atoms with Gasteiger partial charge in [-0.05, 0) is 31.9 Å². The van der Waals surface area contributed by atoms with Crippen LogP contribution in [0.2, 0.25) is 0 Å². The topological polar surface area (TPSA) is 76.6 Å². The number of benzene rings is 1. The second-order valence-corrected chi connectivity index (χ2v) is 6.01. The van der Waals surface area contributed by atoms with Gasteiger partial charge in [-0.15, -0.1) is 0 Å². The first kappa shape index (κ1) is 17.0. The van der Waals surface area contributed by atoms with E-state index >= 15 is 0 Å². The lowest BCUT2D eigenvalue weighted by molar-refractivity contribution is 0.102. The van der Waals surface area contributed by atoms with Gasteiger partial charge in [0.05, 0.1) is 13.7 Å². The highest BCUT2D eigenvalue weighted by Crippen LogP contribution is 2.19. The molecule has 25 heavy (non-hydrogen) atoms. The molecule has 7 heteroatoms. The molecule has 1 N–H and O–H groups in total. The van der Waals surface area contributed by atoms with Crippen molar-refractivity contribution in [3.63, 3.8) is 0 Å². The molecule has 1 aromatic carbocycles. The molecule has 1 aliphatic rings. The van der Waals surface area contributed by atoms with Crippen molar-refractivity contribution in [1.29, 1.82) is 0 Å². The van der Waals surface area contributed by atoms with Gasteiger partial charge in [0, 0.05) is 24.5 Å². The van der Waals surface area contributed by atoms with Crippen LogP contribution in [0.1, 0.15) is 18.4 Å². The molecule has 7 nitrogen and oxygen atoms in total. The molecule has 1 atom stereocenters. The van der Waals surface area contributed by atoms with Crippen LogP contribution < -0.4 is 14.8 Å². The molecule has 1 unspecified atom stereocenters. The maximum atomic E-state index is 12.5. The average molecular weight is 342 g/mol. The first-order valence-corrected chi connectivity index (χ1v) is 8.30. The Kier molecular flexibility index (Phi) is 5.33. The summed E-state index contributed by atoms with van der Waals surface area (Å²) in [4.78, 5) is 22.4. The van der Waals surface area contributed by atoms with Crippen molar-refractivity contribution in [1.82, 2.24) is 14.9 Å². The maximum absolute atomic E-state index is 12.5. The van der Waals surface area contributed by atoms with Crippen molar-refractivity contribution in [3.8, 4) is 11.9 Å². The number of ether oxygens (including phenoxy) is 2. The lowest BCUT2D eigenvalue weighted by Gasteiger charge is -2.32. The molecule has 0 bridgehead atoms. The molecule has 132 valence electrons. The van der Waals surface area contributed by atoms with Gasteiger partial charge in [-0.1, -0.05) is 17.7 Å². The highest BCUT2D eigenvalue weighted by Gasteiger charge is 2.25. The summed E-state index contributed by atoms with van der Waals surface area (Å²) in [6.45, 7) is 3.25. The van der Waals surface area contributed by atoms with Gasteiger partial charge in [-0.2, -0.15) is 4.98 Å². The van der Waals surface area contributed by atoms with Crippen LogP contribution in [-0.2, 0) is 0 Å². The Hall–Kier alpha value is -2.83. The number of carbonyl (C=O) groups excluding carboxylic acids is 1. The summed E-state index contributed by atoms with van der Waals surface area (Å²) in [7, 11) is 1.51. The van der Waals surface area contributed by atoms with E-state index in [2.05, 4.69) is 15.3 Å². The van der Waals surface area contributed by atoms with Crippen LogP contribution >= 0.6 is 0 Å². The number of hydrogen-bond acceptors (Lipinski definition) is 5. The van der Waals surface area contributed by atoms with Gasteiger partial charge in [-0.3, -0.25) is 0 Å². The first-order chi connectivity index (χ1) is 12.1. The third-order valence-corrected chi connectivity index (χ3v) is 4.05. The zero-order chi connectivity index (χ0) is 17.6. The monoisotopic (exact) mass is 342 g/mol. The van der Waals surface area contributed by atoms with Gasteiger partial charge < -0.3 is 19.7 Å². The van der Waals surface area contributed by atoms with Crippen LogP contribution in [0, 0.1) is 6.92 Å². The van der Waals surface area contributed by atoms with Crippen LogP contribution in [0.3, 0.4) is 0 Å². The van der Waals surface area contributed by atoms with Crippen LogP contribution in [-0.4, -0.2) is 47.2 Å². The van der Waals surface area contributed by atoms with E-state index in [1.165, 1.54) is 7.11 Å². The van der Waals surface area contributed by atoms with Gasteiger partial charge in [0.2, 0.25) is 5.88 Å². The van der Waals surface area contributed by atoms with Crippen molar-refractivity contribution < 1.29 is 14.3 Å². The second-order valence-electron chi connectivity index (χ2n) is 6.01. The summed E-state index contributed by atoms with van der Waals surface area (Å²) in [5.41, 5.74) is 1.95. The Morgan fingerprint density at radius 2 is 2.08 bits per heavy atom. The standard InChI is InChI=1S/C18H22N4O3/c1-13-5-7-14(8-6-13)20-18(23)22-11-3-4-15(12-22)25-16-9-10-19-17(21-16)24-2/h5-10,15H,3-4,11-12H2,1-2H3,(H,20,23).